The number of nitrogens with zero attached hydrogens (tertiary/aromatic N) is 2. The van der Waals surface area contributed by atoms with E-state index >= 15 is 0 Å². The Morgan fingerprint density at radius 3 is 2.93 bits per heavy atom. The number of rotatable bonds is 2. The summed E-state index contributed by atoms with van der Waals surface area (Å²) in [5.74, 6) is 1.71. The third-order valence-corrected chi connectivity index (χ3v) is 3.30. The zero-order valence-electron chi connectivity index (χ0n) is 9.74. The van der Waals surface area contributed by atoms with Crippen LogP contribution < -0.4 is 0 Å². The monoisotopic (exact) mass is 204 g/mol. The molecule has 1 aliphatic carbocycles. The standard InChI is InChI=1S/C13H20N2/c1-10(2)7-11-3-5-12-8-14-9-15-13(12)6-4-11/h8-11H,3-7H2,1-2H3. The third kappa shape index (κ3) is 2.77. The van der Waals surface area contributed by atoms with Gasteiger partial charge in [-0.3, -0.25) is 0 Å². The van der Waals surface area contributed by atoms with Crippen molar-refractivity contribution in [1.82, 2.24) is 9.97 Å². The first kappa shape index (κ1) is 10.6. The van der Waals surface area contributed by atoms with Crippen LogP contribution in [0.3, 0.4) is 0 Å². The molecule has 1 unspecified atom stereocenters. The van der Waals surface area contributed by atoms with Gasteiger partial charge in [0.05, 0.1) is 0 Å². The van der Waals surface area contributed by atoms with Gasteiger partial charge in [-0.15, -0.1) is 0 Å². The van der Waals surface area contributed by atoms with Crippen molar-refractivity contribution in [3.63, 3.8) is 0 Å². The highest BCUT2D eigenvalue weighted by molar-refractivity contribution is 5.17. The van der Waals surface area contributed by atoms with Crippen molar-refractivity contribution in [3.05, 3.63) is 23.8 Å². The van der Waals surface area contributed by atoms with Gasteiger partial charge in [-0.25, -0.2) is 9.97 Å². The highest BCUT2D eigenvalue weighted by Crippen LogP contribution is 2.27. The van der Waals surface area contributed by atoms with Gasteiger partial charge in [-0.05, 0) is 49.5 Å². The lowest BCUT2D eigenvalue weighted by Crippen LogP contribution is -2.04. The fourth-order valence-electron chi connectivity index (χ4n) is 2.56. The van der Waals surface area contributed by atoms with Crippen molar-refractivity contribution in [2.45, 2.75) is 46.0 Å². The average Bonchev–Trinajstić information content (AvgIpc) is 2.41. The van der Waals surface area contributed by atoms with E-state index in [1.165, 1.54) is 36.9 Å². The van der Waals surface area contributed by atoms with Crippen LogP contribution >= 0.6 is 0 Å². The van der Waals surface area contributed by atoms with Crippen molar-refractivity contribution >= 4 is 0 Å². The van der Waals surface area contributed by atoms with Crippen LogP contribution in [0.1, 0.15) is 44.4 Å². The van der Waals surface area contributed by atoms with Gasteiger partial charge in [0.15, 0.2) is 0 Å². The molecule has 0 saturated heterocycles. The highest BCUT2D eigenvalue weighted by atomic mass is 14.8. The summed E-state index contributed by atoms with van der Waals surface area (Å²) in [6.45, 7) is 4.63. The van der Waals surface area contributed by atoms with Crippen LogP contribution in [0.25, 0.3) is 0 Å². The van der Waals surface area contributed by atoms with E-state index in [2.05, 4.69) is 23.8 Å². The molecule has 2 rings (SSSR count). The van der Waals surface area contributed by atoms with Crippen LogP contribution in [0, 0.1) is 11.8 Å². The Morgan fingerprint density at radius 1 is 1.33 bits per heavy atom. The van der Waals surface area contributed by atoms with Crippen molar-refractivity contribution in [3.8, 4) is 0 Å². The first-order valence-corrected chi connectivity index (χ1v) is 6.03. The molecule has 0 aliphatic heterocycles. The van der Waals surface area contributed by atoms with E-state index in [1.54, 1.807) is 6.33 Å². The van der Waals surface area contributed by atoms with Crippen molar-refractivity contribution in [2.75, 3.05) is 0 Å². The Balaban J connectivity index is 2.02. The van der Waals surface area contributed by atoms with Gasteiger partial charge in [-0.2, -0.15) is 0 Å². The molecule has 0 radical (unpaired) electrons. The fourth-order valence-corrected chi connectivity index (χ4v) is 2.56. The van der Waals surface area contributed by atoms with Gasteiger partial charge in [0, 0.05) is 11.9 Å². The highest BCUT2D eigenvalue weighted by Gasteiger charge is 2.17. The van der Waals surface area contributed by atoms with Crippen molar-refractivity contribution in [2.24, 2.45) is 11.8 Å². The lowest BCUT2D eigenvalue weighted by Gasteiger charge is -2.15. The van der Waals surface area contributed by atoms with E-state index in [9.17, 15) is 0 Å². The molecule has 1 atom stereocenters. The van der Waals surface area contributed by atoms with Gasteiger partial charge in [0.1, 0.15) is 6.33 Å². The van der Waals surface area contributed by atoms with Gasteiger partial charge in [0.25, 0.3) is 0 Å². The summed E-state index contributed by atoms with van der Waals surface area (Å²) >= 11 is 0. The molecular formula is C13H20N2. The average molecular weight is 204 g/mol. The zero-order valence-corrected chi connectivity index (χ0v) is 9.74. The molecule has 1 aliphatic rings. The Hall–Kier alpha value is -0.920. The second-order valence-electron chi connectivity index (χ2n) is 5.07. The van der Waals surface area contributed by atoms with E-state index in [0.29, 0.717) is 0 Å². The molecule has 1 heterocycles. The van der Waals surface area contributed by atoms with E-state index in [4.69, 9.17) is 0 Å². The quantitative estimate of drug-likeness (QED) is 0.692. The maximum atomic E-state index is 4.38. The number of hydrogen-bond acceptors (Lipinski definition) is 2. The smallest absolute Gasteiger partial charge is 0.115 e. The second-order valence-corrected chi connectivity index (χ2v) is 5.07. The minimum absolute atomic E-state index is 0.822. The summed E-state index contributed by atoms with van der Waals surface area (Å²) in [5, 5.41) is 0. The lowest BCUT2D eigenvalue weighted by molar-refractivity contribution is 0.372. The van der Waals surface area contributed by atoms with Crippen LogP contribution in [0.15, 0.2) is 12.5 Å². The molecule has 0 saturated carbocycles. The zero-order chi connectivity index (χ0) is 10.7. The van der Waals surface area contributed by atoms with Gasteiger partial charge in [-0.1, -0.05) is 13.8 Å². The first-order chi connectivity index (χ1) is 7.25. The predicted octanol–water partition coefficient (Wildman–Crippen LogP) is 3.02. The molecule has 1 aromatic heterocycles. The topological polar surface area (TPSA) is 25.8 Å². The normalized spacial score (nSPS) is 21.1. The molecule has 0 N–H and O–H groups in total. The number of aromatic nitrogens is 2. The van der Waals surface area contributed by atoms with Crippen molar-refractivity contribution in [1.29, 1.82) is 0 Å². The van der Waals surface area contributed by atoms with Gasteiger partial charge >= 0.3 is 0 Å². The predicted molar refractivity (Wildman–Crippen MR) is 61.6 cm³/mol. The van der Waals surface area contributed by atoms with E-state index in [1.807, 2.05) is 6.20 Å². The molecule has 0 aromatic carbocycles. The summed E-state index contributed by atoms with van der Waals surface area (Å²) in [5.41, 5.74) is 2.67. The maximum Gasteiger partial charge on any atom is 0.115 e. The number of hydrogen-bond donors (Lipinski definition) is 0. The SMILES string of the molecule is CC(C)CC1CCc2cncnc2CC1. The Labute approximate surface area is 92.1 Å². The largest absolute Gasteiger partial charge is 0.245 e. The van der Waals surface area contributed by atoms with Crippen LogP contribution in [0.5, 0.6) is 0 Å². The summed E-state index contributed by atoms with van der Waals surface area (Å²) in [6.07, 6.45) is 9.99. The first-order valence-electron chi connectivity index (χ1n) is 6.03. The molecule has 82 valence electrons. The summed E-state index contributed by atoms with van der Waals surface area (Å²) in [6, 6.07) is 0. The van der Waals surface area contributed by atoms with Crippen LogP contribution in [0.2, 0.25) is 0 Å². The van der Waals surface area contributed by atoms with Crippen LogP contribution in [0.4, 0.5) is 0 Å². The number of fused-ring (bicyclic) bond motifs is 1. The summed E-state index contributed by atoms with van der Waals surface area (Å²) in [7, 11) is 0. The molecule has 2 heteroatoms. The molecule has 15 heavy (non-hydrogen) atoms. The van der Waals surface area contributed by atoms with E-state index in [-0.39, 0.29) is 0 Å². The Morgan fingerprint density at radius 2 is 2.13 bits per heavy atom. The third-order valence-electron chi connectivity index (χ3n) is 3.30. The van der Waals surface area contributed by atoms with E-state index < -0.39 is 0 Å². The molecule has 1 aromatic rings. The molecule has 0 spiro atoms. The Bertz CT molecular complexity index is 293. The molecular weight excluding hydrogens is 184 g/mol. The molecule has 0 fully saturated rings. The molecule has 2 nitrogen and oxygen atoms in total. The minimum atomic E-state index is 0.822. The minimum Gasteiger partial charge on any atom is -0.245 e. The lowest BCUT2D eigenvalue weighted by atomic mass is 9.90. The van der Waals surface area contributed by atoms with Gasteiger partial charge < -0.3 is 0 Å². The van der Waals surface area contributed by atoms with Crippen LogP contribution in [-0.2, 0) is 12.8 Å². The van der Waals surface area contributed by atoms with Crippen LogP contribution in [-0.4, -0.2) is 9.97 Å². The summed E-state index contributed by atoms with van der Waals surface area (Å²) < 4.78 is 0. The maximum absolute atomic E-state index is 4.38. The molecule has 0 amide bonds. The summed E-state index contributed by atoms with van der Waals surface area (Å²) in [4.78, 5) is 8.50. The molecule has 0 bridgehead atoms. The van der Waals surface area contributed by atoms with Gasteiger partial charge in [0.2, 0.25) is 0 Å². The Kier molecular flexibility index (Phi) is 3.34. The van der Waals surface area contributed by atoms with Crippen molar-refractivity contribution < 1.29 is 0 Å². The second kappa shape index (κ2) is 4.73. The van der Waals surface area contributed by atoms with E-state index in [0.717, 1.165) is 18.3 Å². The fraction of sp³-hybridized carbons (Fsp3) is 0.692. The number of aryl methyl sites for hydroxylation is 2.